The molecule has 0 saturated carbocycles. The summed E-state index contributed by atoms with van der Waals surface area (Å²) >= 11 is 5.96. The van der Waals surface area contributed by atoms with Gasteiger partial charge in [-0.1, -0.05) is 35.9 Å². The van der Waals surface area contributed by atoms with Crippen LogP contribution in [0.5, 0.6) is 0 Å². The second-order valence-corrected chi connectivity index (χ2v) is 2.86. The molecule has 1 aromatic rings. The molecule has 0 bridgehead atoms. The Morgan fingerprint density at radius 1 is 1.36 bits per heavy atom. The number of hydrogen-bond acceptors (Lipinski definition) is 0. The first-order chi connectivity index (χ1) is 5.25. The van der Waals surface area contributed by atoms with E-state index in [-0.39, 0.29) is 0 Å². The summed E-state index contributed by atoms with van der Waals surface area (Å²) in [7, 11) is 0. The summed E-state index contributed by atoms with van der Waals surface area (Å²) in [5, 5.41) is 0.822. The molecule has 0 unspecified atom stereocenters. The molecule has 0 aromatic heterocycles. The molecular formula is C10H11Cl. The molecule has 11 heavy (non-hydrogen) atoms. The SMILES string of the molecule is C/C=C(\C)c1ccccc1Cl. The molecule has 0 amide bonds. The normalized spacial score (nSPS) is 11.7. The van der Waals surface area contributed by atoms with E-state index in [0.717, 1.165) is 10.6 Å². The minimum absolute atomic E-state index is 0.822. The molecule has 0 heterocycles. The zero-order chi connectivity index (χ0) is 8.27. The first kappa shape index (κ1) is 8.35. The number of halogens is 1. The summed E-state index contributed by atoms with van der Waals surface area (Å²) in [6.45, 7) is 4.07. The third kappa shape index (κ3) is 1.84. The van der Waals surface area contributed by atoms with Crippen molar-refractivity contribution in [1.82, 2.24) is 0 Å². The Kier molecular flexibility index (Phi) is 2.72. The maximum Gasteiger partial charge on any atom is 0.0480 e. The Morgan fingerprint density at radius 2 is 2.00 bits per heavy atom. The van der Waals surface area contributed by atoms with Crippen LogP contribution in [-0.4, -0.2) is 0 Å². The predicted octanol–water partition coefficient (Wildman–Crippen LogP) is 3.76. The molecule has 1 aromatic carbocycles. The fourth-order valence-corrected chi connectivity index (χ4v) is 1.22. The van der Waals surface area contributed by atoms with E-state index in [0.29, 0.717) is 0 Å². The lowest BCUT2D eigenvalue weighted by molar-refractivity contribution is 1.54. The standard InChI is InChI=1S/C10H11Cl/c1-3-8(2)9-6-4-5-7-10(9)11/h3-7H,1-2H3/b8-3+. The number of rotatable bonds is 1. The summed E-state index contributed by atoms with van der Waals surface area (Å²) in [5.74, 6) is 0. The molecule has 0 radical (unpaired) electrons. The quantitative estimate of drug-likeness (QED) is 0.596. The van der Waals surface area contributed by atoms with Gasteiger partial charge < -0.3 is 0 Å². The Morgan fingerprint density at radius 3 is 2.55 bits per heavy atom. The first-order valence-corrected chi connectivity index (χ1v) is 4.01. The van der Waals surface area contributed by atoms with Gasteiger partial charge in [0.25, 0.3) is 0 Å². The lowest BCUT2D eigenvalue weighted by atomic mass is 10.1. The van der Waals surface area contributed by atoms with Crippen LogP contribution in [0.25, 0.3) is 5.57 Å². The van der Waals surface area contributed by atoms with Crippen LogP contribution in [0.1, 0.15) is 19.4 Å². The smallest absolute Gasteiger partial charge is 0.0480 e. The molecule has 58 valence electrons. The minimum Gasteiger partial charge on any atom is -0.0841 e. The second-order valence-electron chi connectivity index (χ2n) is 2.45. The van der Waals surface area contributed by atoms with Gasteiger partial charge >= 0.3 is 0 Å². The molecule has 0 aliphatic rings. The summed E-state index contributed by atoms with van der Waals surface area (Å²) in [6.07, 6.45) is 2.06. The van der Waals surface area contributed by atoms with E-state index in [4.69, 9.17) is 11.6 Å². The number of hydrogen-bond donors (Lipinski definition) is 0. The minimum atomic E-state index is 0.822. The largest absolute Gasteiger partial charge is 0.0841 e. The molecule has 0 spiro atoms. The van der Waals surface area contributed by atoms with Crippen LogP contribution in [-0.2, 0) is 0 Å². The van der Waals surface area contributed by atoms with Crippen LogP contribution in [0.4, 0.5) is 0 Å². The van der Waals surface area contributed by atoms with E-state index in [1.807, 2.05) is 31.2 Å². The maximum atomic E-state index is 5.96. The average molecular weight is 167 g/mol. The van der Waals surface area contributed by atoms with Gasteiger partial charge in [0.15, 0.2) is 0 Å². The van der Waals surface area contributed by atoms with Gasteiger partial charge in [-0.25, -0.2) is 0 Å². The topological polar surface area (TPSA) is 0 Å². The highest BCUT2D eigenvalue weighted by Gasteiger charge is 1.97. The second kappa shape index (κ2) is 3.59. The molecular weight excluding hydrogens is 156 g/mol. The fraction of sp³-hybridized carbons (Fsp3) is 0.200. The summed E-state index contributed by atoms with van der Waals surface area (Å²) in [6, 6.07) is 7.87. The van der Waals surface area contributed by atoms with Gasteiger partial charge in [-0.3, -0.25) is 0 Å². The Labute approximate surface area is 72.5 Å². The van der Waals surface area contributed by atoms with Crippen molar-refractivity contribution in [2.45, 2.75) is 13.8 Å². The molecule has 0 nitrogen and oxygen atoms in total. The fourth-order valence-electron chi connectivity index (χ4n) is 0.937. The Bertz CT molecular complexity index is 274. The van der Waals surface area contributed by atoms with Crippen molar-refractivity contribution in [2.75, 3.05) is 0 Å². The van der Waals surface area contributed by atoms with Crippen LogP contribution >= 0.6 is 11.6 Å². The molecule has 1 rings (SSSR count). The molecule has 0 saturated heterocycles. The van der Waals surface area contributed by atoms with E-state index >= 15 is 0 Å². The third-order valence-electron chi connectivity index (χ3n) is 1.73. The lowest BCUT2D eigenvalue weighted by Gasteiger charge is -2.01. The maximum absolute atomic E-state index is 5.96. The molecule has 0 atom stereocenters. The van der Waals surface area contributed by atoms with Crippen LogP contribution < -0.4 is 0 Å². The molecule has 0 aliphatic carbocycles. The van der Waals surface area contributed by atoms with Crippen LogP contribution in [0.2, 0.25) is 5.02 Å². The van der Waals surface area contributed by atoms with Crippen molar-refractivity contribution in [3.63, 3.8) is 0 Å². The van der Waals surface area contributed by atoms with Gasteiger partial charge in [-0.15, -0.1) is 0 Å². The number of allylic oxidation sites excluding steroid dienone is 2. The van der Waals surface area contributed by atoms with Crippen LogP contribution in [0.15, 0.2) is 30.3 Å². The van der Waals surface area contributed by atoms with Crippen molar-refractivity contribution in [1.29, 1.82) is 0 Å². The molecule has 1 heteroatoms. The van der Waals surface area contributed by atoms with Crippen molar-refractivity contribution in [3.8, 4) is 0 Å². The van der Waals surface area contributed by atoms with E-state index in [2.05, 4.69) is 13.0 Å². The zero-order valence-corrected chi connectivity index (χ0v) is 7.52. The van der Waals surface area contributed by atoms with Crippen LogP contribution in [0.3, 0.4) is 0 Å². The van der Waals surface area contributed by atoms with Crippen molar-refractivity contribution in [3.05, 3.63) is 40.9 Å². The van der Waals surface area contributed by atoms with Crippen LogP contribution in [0, 0.1) is 0 Å². The molecule has 0 fully saturated rings. The zero-order valence-electron chi connectivity index (χ0n) is 6.76. The van der Waals surface area contributed by atoms with E-state index < -0.39 is 0 Å². The van der Waals surface area contributed by atoms with E-state index in [9.17, 15) is 0 Å². The van der Waals surface area contributed by atoms with E-state index in [1.54, 1.807) is 0 Å². The lowest BCUT2D eigenvalue weighted by Crippen LogP contribution is -1.79. The summed E-state index contributed by atoms with van der Waals surface area (Å²) in [5.41, 5.74) is 2.34. The first-order valence-electron chi connectivity index (χ1n) is 3.63. The summed E-state index contributed by atoms with van der Waals surface area (Å²) in [4.78, 5) is 0. The van der Waals surface area contributed by atoms with E-state index in [1.165, 1.54) is 5.57 Å². The van der Waals surface area contributed by atoms with Gasteiger partial charge in [0.05, 0.1) is 0 Å². The highest BCUT2D eigenvalue weighted by atomic mass is 35.5. The van der Waals surface area contributed by atoms with Crippen molar-refractivity contribution >= 4 is 17.2 Å². The summed E-state index contributed by atoms with van der Waals surface area (Å²) < 4.78 is 0. The average Bonchev–Trinajstić information content (AvgIpc) is 2.04. The highest BCUT2D eigenvalue weighted by Crippen LogP contribution is 2.22. The highest BCUT2D eigenvalue weighted by molar-refractivity contribution is 6.32. The van der Waals surface area contributed by atoms with Gasteiger partial charge in [-0.05, 0) is 31.1 Å². The van der Waals surface area contributed by atoms with Gasteiger partial charge in [0, 0.05) is 5.02 Å². The van der Waals surface area contributed by atoms with Crippen molar-refractivity contribution in [2.24, 2.45) is 0 Å². The monoisotopic (exact) mass is 166 g/mol. The van der Waals surface area contributed by atoms with Gasteiger partial charge in [0.1, 0.15) is 0 Å². The number of benzene rings is 1. The van der Waals surface area contributed by atoms with Gasteiger partial charge in [0.2, 0.25) is 0 Å². The predicted molar refractivity (Wildman–Crippen MR) is 50.8 cm³/mol. The molecule has 0 aliphatic heterocycles. The van der Waals surface area contributed by atoms with Crippen molar-refractivity contribution < 1.29 is 0 Å². The Balaban J connectivity index is 3.14. The molecule has 0 N–H and O–H groups in total. The third-order valence-corrected chi connectivity index (χ3v) is 2.06. The Hall–Kier alpha value is -0.750. The van der Waals surface area contributed by atoms with Gasteiger partial charge in [-0.2, -0.15) is 0 Å².